The molecule has 8 nitrogen and oxygen atoms in total. The molecule has 1 amide bonds. The van der Waals surface area contributed by atoms with Crippen LogP contribution < -0.4 is 15.6 Å². The van der Waals surface area contributed by atoms with Gasteiger partial charge in [-0.05, 0) is 32.0 Å². The molecule has 0 fully saturated rings. The Kier molecular flexibility index (Phi) is 5.87. The highest BCUT2D eigenvalue weighted by atomic mass is 16.5. The van der Waals surface area contributed by atoms with Crippen LogP contribution in [0, 0.1) is 6.92 Å². The summed E-state index contributed by atoms with van der Waals surface area (Å²) in [5.74, 6) is 1.02. The highest BCUT2D eigenvalue weighted by molar-refractivity contribution is 5.92. The summed E-state index contributed by atoms with van der Waals surface area (Å²) in [4.78, 5) is 24.6. The molecule has 0 atom stereocenters. The third-order valence-corrected chi connectivity index (χ3v) is 3.91. The van der Waals surface area contributed by atoms with Crippen LogP contribution in [-0.4, -0.2) is 35.5 Å². The van der Waals surface area contributed by atoms with E-state index in [0.717, 1.165) is 0 Å². The predicted octanol–water partition coefficient (Wildman–Crippen LogP) is 2.35. The number of aromatic nitrogens is 2. The van der Waals surface area contributed by atoms with E-state index in [1.807, 2.05) is 6.92 Å². The van der Waals surface area contributed by atoms with Gasteiger partial charge in [0, 0.05) is 30.8 Å². The van der Waals surface area contributed by atoms with E-state index in [4.69, 9.17) is 14.0 Å². The van der Waals surface area contributed by atoms with Crippen molar-refractivity contribution in [1.29, 1.82) is 0 Å². The Labute approximate surface area is 155 Å². The molecule has 27 heavy (non-hydrogen) atoms. The van der Waals surface area contributed by atoms with Gasteiger partial charge in [-0.3, -0.25) is 9.59 Å². The van der Waals surface area contributed by atoms with E-state index in [0.29, 0.717) is 47.9 Å². The smallest absolute Gasteiger partial charge is 0.263 e. The predicted molar refractivity (Wildman–Crippen MR) is 100 cm³/mol. The molecular formula is C19H21N3O5. The lowest BCUT2D eigenvalue weighted by Gasteiger charge is -2.11. The lowest BCUT2D eigenvalue weighted by molar-refractivity contribution is -0.118. The Hall–Kier alpha value is -3.13. The van der Waals surface area contributed by atoms with E-state index in [9.17, 15) is 9.59 Å². The zero-order valence-corrected chi connectivity index (χ0v) is 15.2. The molecule has 3 rings (SSSR count). The second kappa shape index (κ2) is 8.50. The van der Waals surface area contributed by atoms with E-state index in [1.165, 1.54) is 0 Å². The van der Waals surface area contributed by atoms with Crippen molar-refractivity contribution in [2.45, 2.75) is 20.4 Å². The first-order chi connectivity index (χ1) is 13.1. The Balaban J connectivity index is 1.72. The number of fused-ring (bicyclic) bond motifs is 1. The van der Waals surface area contributed by atoms with Gasteiger partial charge in [0.05, 0.1) is 12.0 Å². The molecule has 3 aromatic rings. The maximum Gasteiger partial charge on any atom is 0.263 e. The molecule has 8 heteroatoms. The van der Waals surface area contributed by atoms with Crippen LogP contribution in [0.3, 0.4) is 0 Å². The van der Waals surface area contributed by atoms with Crippen LogP contribution in [-0.2, 0) is 16.1 Å². The van der Waals surface area contributed by atoms with Crippen LogP contribution in [0.25, 0.3) is 10.8 Å². The van der Waals surface area contributed by atoms with Crippen molar-refractivity contribution >= 4 is 22.5 Å². The van der Waals surface area contributed by atoms with E-state index >= 15 is 0 Å². The monoisotopic (exact) mass is 371 g/mol. The van der Waals surface area contributed by atoms with Gasteiger partial charge >= 0.3 is 0 Å². The summed E-state index contributed by atoms with van der Waals surface area (Å²) in [5.41, 5.74) is -0.125. The fourth-order valence-corrected chi connectivity index (χ4v) is 2.65. The first kappa shape index (κ1) is 18.7. The minimum atomic E-state index is -0.370. The van der Waals surface area contributed by atoms with Crippen LogP contribution in [0.4, 0.5) is 5.82 Å². The fraction of sp³-hybridized carbons (Fsp3) is 0.316. The van der Waals surface area contributed by atoms with Crippen molar-refractivity contribution in [1.82, 2.24) is 9.72 Å². The lowest BCUT2D eigenvalue weighted by Crippen LogP contribution is -2.22. The van der Waals surface area contributed by atoms with Crippen molar-refractivity contribution in [2.75, 3.05) is 25.1 Å². The minimum Gasteiger partial charge on any atom is -0.483 e. The minimum absolute atomic E-state index is 0.125. The molecule has 0 saturated carbocycles. The highest BCUT2D eigenvalue weighted by Crippen LogP contribution is 2.23. The molecule has 0 aliphatic heterocycles. The molecule has 0 saturated heterocycles. The summed E-state index contributed by atoms with van der Waals surface area (Å²) in [5, 5.41) is 7.46. The number of carbonyl (C=O) groups excluding carboxylic acids is 1. The molecule has 0 radical (unpaired) electrons. The van der Waals surface area contributed by atoms with Crippen molar-refractivity contribution in [2.24, 2.45) is 0 Å². The number of nitrogens with zero attached hydrogens (tertiary/aromatic N) is 2. The van der Waals surface area contributed by atoms with Gasteiger partial charge in [0.25, 0.3) is 11.5 Å². The van der Waals surface area contributed by atoms with Crippen LogP contribution >= 0.6 is 0 Å². The van der Waals surface area contributed by atoms with Gasteiger partial charge in [-0.15, -0.1) is 0 Å². The third-order valence-electron chi connectivity index (χ3n) is 3.91. The Bertz CT molecular complexity index is 992. The molecule has 1 N–H and O–H groups in total. The average molecular weight is 371 g/mol. The van der Waals surface area contributed by atoms with E-state index in [-0.39, 0.29) is 18.1 Å². The first-order valence-electron chi connectivity index (χ1n) is 8.64. The summed E-state index contributed by atoms with van der Waals surface area (Å²) in [7, 11) is 0. The van der Waals surface area contributed by atoms with Crippen LogP contribution in [0.1, 0.15) is 12.7 Å². The molecule has 2 heterocycles. The first-order valence-corrected chi connectivity index (χ1v) is 8.64. The number of ether oxygens (including phenoxy) is 2. The van der Waals surface area contributed by atoms with Gasteiger partial charge in [0.15, 0.2) is 12.4 Å². The number of nitrogens with one attached hydrogen (secondary N) is 1. The summed E-state index contributed by atoms with van der Waals surface area (Å²) in [6, 6.07) is 8.60. The number of hydrogen-bond acceptors (Lipinski definition) is 6. The molecule has 2 aromatic heterocycles. The number of aryl methyl sites for hydroxylation is 1. The number of benzene rings is 1. The summed E-state index contributed by atoms with van der Waals surface area (Å²) < 4.78 is 17.4. The van der Waals surface area contributed by atoms with E-state index in [2.05, 4.69) is 10.5 Å². The van der Waals surface area contributed by atoms with Gasteiger partial charge in [-0.1, -0.05) is 11.2 Å². The Morgan fingerprint density at radius 3 is 2.89 bits per heavy atom. The molecule has 0 aliphatic rings. The maximum atomic E-state index is 12.6. The van der Waals surface area contributed by atoms with E-state index < -0.39 is 0 Å². The highest BCUT2D eigenvalue weighted by Gasteiger charge is 2.11. The number of rotatable bonds is 8. The summed E-state index contributed by atoms with van der Waals surface area (Å²) >= 11 is 0. The van der Waals surface area contributed by atoms with Crippen molar-refractivity contribution < 1.29 is 18.8 Å². The zero-order valence-electron chi connectivity index (χ0n) is 15.2. The molecule has 0 unspecified atom stereocenters. The number of pyridine rings is 1. The van der Waals surface area contributed by atoms with Gasteiger partial charge < -0.3 is 23.9 Å². The fourth-order valence-electron chi connectivity index (χ4n) is 2.65. The lowest BCUT2D eigenvalue weighted by atomic mass is 10.1. The number of hydrogen-bond donors (Lipinski definition) is 1. The van der Waals surface area contributed by atoms with Crippen LogP contribution in [0.5, 0.6) is 5.75 Å². The zero-order chi connectivity index (χ0) is 19.2. The SMILES string of the molecule is CCOCCn1ccc2c(OCC(=O)Nc3cc(C)on3)cccc2c1=O. The third kappa shape index (κ3) is 4.53. The van der Waals surface area contributed by atoms with Gasteiger partial charge in [-0.25, -0.2) is 0 Å². The average Bonchev–Trinajstić information content (AvgIpc) is 3.06. The summed E-state index contributed by atoms with van der Waals surface area (Å²) in [6.45, 7) is 4.99. The largest absolute Gasteiger partial charge is 0.483 e. The molecular weight excluding hydrogens is 350 g/mol. The van der Waals surface area contributed by atoms with E-state index in [1.54, 1.807) is 48.0 Å². The normalized spacial score (nSPS) is 10.9. The van der Waals surface area contributed by atoms with Gasteiger partial charge in [0.1, 0.15) is 11.5 Å². The Morgan fingerprint density at radius 2 is 2.15 bits per heavy atom. The van der Waals surface area contributed by atoms with Crippen LogP contribution in [0.15, 0.2) is 45.8 Å². The second-order valence-corrected chi connectivity index (χ2v) is 5.89. The number of amides is 1. The molecule has 142 valence electrons. The number of carbonyl (C=O) groups is 1. The van der Waals surface area contributed by atoms with Gasteiger partial charge in [-0.2, -0.15) is 0 Å². The van der Waals surface area contributed by atoms with Crippen molar-refractivity contribution in [3.63, 3.8) is 0 Å². The molecule has 1 aromatic carbocycles. The maximum absolute atomic E-state index is 12.6. The standard InChI is InChI=1S/C19H21N3O5/c1-3-25-10-9-22-8-7-14-15(19(22)24)5-4-6-16(14)26-12-18(23)20-17-11-13(2)27-21-17/h4-8,11H,3,9-10,12H2,1-2H3,(H,20,21,23). The number of anilines is 1. The van der Waals surface area contributed by atoms with Crippen molar-refractivity contribution in [3.05, 3.63) is 52.6 Å². The van der Waals surface area contributed by atoms with Gasteiger partial charge in [0.2, 0.25) is 0 Å². The van der Waals surface area contributed by atoms with Crippen molar-refractivity contribution in [3.8, 4) is 5.75 Å². The molecule has 0 spiro atoms. The summed E-state index contributed by atoms with van der Waals surface area (Å²) in [6.07, 6.45) is 1.70. The molecule has 0 bridgehead atoms. The quantitative estimate of drug-likeness (QED) is 0.611. The van der Waals surface area contributed by atoms with Crippen LogP contribution in [0.2, 0.25) is 0 Å². The second-order valence-electron chi connectivity index (χ2n) is 5.89. The Morgan fingerprint density at radius 1 is 1.30 bits per heavy atom. The molecule has 0 aliphatic carbocycles. The topological polar surface area (TPSA) is 95.6 Å².